The fraction of sp³-hybridized carbons (Fsp3) is 0.500. The number of carbonyl (C=O) groups is 2. The number of aromatic nitrogens is 1. The maximum atomic E-state index is 12.9. The first kappa shape index (κ1) is 23.9. The van der Waals surface area contributed by atoms with Crippen LogP contribution in [0.3, 0.4) is 0 Å². The highest BCUT2D eigenvalue weighted by Crippen LogP contribution is 2.35. The van der Waals surface area contributed by atoms with Crippen molar-refractivity contribution in [1.29, 1.82) is 0 Å². The van der Waals surface area contributed by atoms with Crippen LogP contribution in [0.15, 0.2) is 27.6 Å². The molecule has 174 valence electrons. The molecule has 1 aliphatic heterocycles. The number of nitrogens with zero attached hydrogens (tertiary/aromatic N) is 3. The molecular weight excluding hydrogens is 432 g/mol. The Morgan fingerprint density at radius 1 is 1.25 bits per heavy atom. The quantitative estimate of drug-likeness (QED) is 0.642. The van der Waals surface area contributed by atoms with Crippen molar-refractivity contribution in [2.24, 2.45) is 0 Å². The topological polar surface area (TPSA) is 113 Å². The highest BCUT2D eigenvalue weighted by Gasteiger charge is 2.38. The standard InChI is InChI=1S/C22H30N4O5S/c1-6-25(7-2)32(29,30)18-8-9-20-17(12-18)13-21(26(20)16(5)27)22(28)23-11-10-19-14(3)24-31-15(19)4/h8-9,12,21H,6-7,10-11,13H2,1-5H3,(H,23,28). The van der Waals surface area contributed by atoms with Gasteiger partial charge in [-0.05, 0) is 44.0 Å². The van der Waals surface area contributed by atoms with Gasteiger partial charge < -0.3 is 9.84 Å². The first-order chi connectivity index (χ1) is 15.1. The Hall–Kier alpha value is -2.72. The summed E-state index contributed by atoms with van der Waals surface area (Å²) >= 11 is 0. The number of anilines is 1. The van der Waals surface area contributed by atoms with E-state index < -0.39 is 16.1 Å². The van der Waals surface area contributed by atoms with Crippen LogP contribution in [0.1, 0.15) is 43.4 Å². The zero-order valence-corrected chi connectivity index (χ0v) is 20.0. The van der Waals surface area contributed by atoms with Crippen LogP contribution in [0.5, 0.6) is 0 Å². The van der Waals surface area contributed by atoms with Crippen molar-refractivity contribution in [2.75, 3.05) is 24.5 Å². The first-order valence-electron chi connectivity index (χ1n) is 10.7. The van der Waals surface area contributed by atoms with Crippen LogP contribution in [-0.2, 0) is 32.5 Å². The third-order valence-corrected chi connectivity index (χ3v) is 7.92. The van der Waals surface area contributed by atoms with Crippen LogP contribution in [-0.4, -0.2) is 55.4 Å². The molecular formula is C22H30N4O5S. The van der Waals surface area contributed by atoms with E-state index in [0.717, 1.165) is 17.0 Å². The zero-order valence-electron chi connectivity index (χ0n) is 19.1. The fourth-order valence-electron chi connectivity index (χ4n) is 4.19. The van der Waals surface area contributed by atoms with E-state index in [4.69, 9.17) is 4.52 Å². The Morgan fingerprint density at radius 3 is 2.50 bits per heavy atom. The minimum absolute atomic E-state index is 0.169. The number of aryl methyl sites for hydroxylation is 2. The monoisotopic (exact) mass is 462 g/mol. The Bertz CT molecular complexity index is 1100. The molecule has 2 aromatic rings. The minimum atomic E-state index is -3.63. The summed E-state index contributed by atoms with van der Waals surface area (Å²) < 4.78 is 32.3. The largest absolute Gasteiger partial charge is 0.361 e. The van der Waals surface area contributed by atoms with E-state index in [1.165, 1.54) is 22.2 Å². The summed E-state index contributed by atoms with van der Waals surface area (Å²) in [6, 6.07) is 3.97. The van der Waals surface area contributed by atoms with Gasteiger partial charge in [0.2, 0.25) is 21.8 Å². The van der Waals surface area contributed by atoms with Crippen LogP contribution in [0.2, 0.25) is 0 Å². The van der Waals surface area contributed by atoms with Gasteiger partial charge in [0.15, 0.2) is 0 Å². The minimum Gasteiger partial charge on any atom is -0.361 e. The molecule has 0 aliphatic carbocycles. The second-order valence-electron chi connectivity index (χ2n) is 7.83. The van der Waals surface area contributed by atoms with Crippen LogP contribution in [0, 0.1) is 13.8 Å². The molecule has 1 atom stereocenters. The van der Waals surface area contributed by atoms with Gasteiger partial charge >= 0.3 is 0 Å². The van der Waals surface area contributed by atoms with Gasteiger partial charge in [-0.1, -0.05) is 19.0 Å². The fourth-order valence-corrected chi connectivity index (χ4v) is 5.70. The van der Waals surface area contributed by atoms with E-state index in [-0.39, 0.29) is 23.1 Å². The molecule has 0 radical (unpaired) electrons. The van der Waals surface area contributed by atoms with Crippen molar-refractivity contribution >= 4 is 27.5 Å². The molecule has 1 unspecified atom stereocenters. The molecule has 32 heavy (non-hydrogen) atoms. The molecule has 10 heteroatoms. The molecule has 0 fully saturated rings. The van der Waals surface area contributed by atoms with Crippen LogP contribution in [0.25, 0.3) is 0 Å². The third-order valence-electron chi connectivity index (χ3n) is 5.88. The van der Waals surface area contributed by atoms with E-state index in [1.54, 1.807) is 26.0 Å². The number of rotatable bonds is 8. The van der Waals surface area contributed by atoms with E-state index in [2.05, 4.69) is 10.5 Å². The molecule has 1 N–H and O–H groups in total. The van der Waals surface area contributed by atoms with E-state index >= 15 is 0 Å². The predicted octanol–water partition coefficient (Wildman–Crippen LogP) is 1.96. The number of sulfonamides is 1. The van der Waals surface area contributed by atoms with Crippen molar-refractivity contribution in [1.82, 2.24) is 14.8 Å². The molecule has 0 saturated heterocycles. The van der Waals surface area contributed by atoms with Gasteiger partial charge in [-0.3, -0.25) is 14.5 Å². The zero-order chi connectivity index (χ0) is 23.6. The molecule has 2 amide bonds. The molecule has 1 aromatic heterocycles. The average Bonchev–Trinajstić information content (AvgIpc) is 3.28. The lowest BCUT2D eigenvalue weighted by Gasteiger charge is -2.23. The van der Waals surface area contributed by atoms with Gasteiger partial charge in [-0.15, -0.1) is 0 Å². The van der Waals surface area contributed by atoms with Gasteiger partial charge in [0.05, 0.1) is 10.6 Å². The summed E-state index contributed by atoms with van der Waals surface area (Å²) in [6.07, 6.45) is 0.826. The van der Waals surface area contributed by atoms with Gasteiger partial charge in [-0.25, -0.2) is 8.42 Å². The summed E-state index contributed by atoms with van der Waals surface area (Å²) in [6.45, 7) is 9.76. The maximum absolute atomic E-state index is 12.9. The number of fused-ring (bicyclic) bond motifs is 1. The average molecular weight is 463 g/mol. The third kappa shape index (κ3) is 4.42. The summed E-state index contributed by atoms with van der Waals surface area (Å²) in [5.74, 6) is 0.169. The molecule has 3 rings (SSSR count). The number of benzene rings is 1. The normalized spacial score (nSPS) is 15.8. The Kier molecular flexibility index (Phi) is 7.04. The lowest BCUT2D eigenvalue weighted by Crippen LogP contribution is -2.47. The Labute approximate surface area is 188 Å². The van der Waals surface area contributed by atoms with E-state index in [9.17, 15) is 18.0 Å². The molecule has 1 aromatic carbocycles. The van der Waals surface area contributed by atoms with Crippen molar-refractivity contribution in [2.45, 2.75) is 58.4 Å². The summed E-state index contributed by atoms with van der Waals surface area (Å²) in [5, 5.41) is 6.80. The number of hydrogen-bond acceptors (Lipinski definition) is 6. The summed E-state index contributed by atoms with van der Waals surface area (Å²) in [7, 11) is -3.63. The van der Waals surface area contributed by atoms with E-state index in [1.807, 2.05) is 13.8 Å². The molecule has 0 bridgehead atoms. The number of amides is 2. The molecule has 2 heterocycles. The Balaban J connectivity index is 1.79. The van der Waals surface area contributed by atoms with Crippen molar-refractivity contribution < 1.29 is 22.5 Å². The van der Waals surface area contributed by atoms with Gasteiger partial charge in [-0.2, -0.15) is 4.31 Å². The van der Waals surface area contributed by atoms with Gasteiger partial charge in [0.1, 0.15) is 11.8 Å². The second-order valence-corrected chi connectivity index (χ2v) is 9.77. The SMILES string of the molecule is CCN(CC)S(=O)(=O)c1ccc2c(c1)CC(C(=O)NCCc1c(C)noc1C)N2C(C)=O. The van der Waals surface area contributed by atoms with Crippen molar-refractivity contribution in [3.63, 3.8) is 0 Å². The number of nitrogens with one attached hydrogen (secondary N) is 1. The smallest absolute Gasteiger partial charge is 0.243 e. The summed E-state index contributed by atoms with van der Waals surface area (Å²) in [5.41, 5.74) is 2.98. The lowest BCUT2D eigenvalue weighted by atomic mass is 10.1. The van der Waals surface area contributed by atoms with E-state index in [0.29, 0.717) is 37.3 Å². The molecule has 0 spiro atoms. The predicted molar refractivity (Wildman–Crippen MR) is 120 cm³/mol. The highest BCUT2D eigenvalue weighted by molar-refractivity contribution is 7.89. The lowest BCUT2D eigenvalue weighted by molar-refractivity contribution is -0.125. The van der Waals surface area contributed by atoms with Crippen LogP contribution in [0.4, 0.5) is 5.69 Å². The molecule has 1 aliphatic rings. The molecule has 0 saturated carbocycles. The Morgan fingerprint density at radius 2 is 1.94 bits per heavy atom. The molecule has 9 nitrogen and oxygen atoms in total. The van der Waals surface area contributed by atoms with Crippen molar-refractivity contribution in [3.8, 4) is 0 Å². The summed E-state index contributed by atoms with van der Waals surface area (Å²) in [4.78, 5) is 26.9. The van der Waals surface area contributed by atoms with Gasteiger partial charge in [0.25, 0.3) is 0 Å². The van der Waals surface area contributed by atoms with Crippen LogP contribution >= 0.6 is 0 Å². The van der Waals surface area contributed by atoms with Crippen LogP contribution < -0.4 is 10.2 Å². The number of carbonyl (C=O) groups excluding carboxylic acids is 2. The first-order valence-corrected chi connectivity index (χ1v) is 12.2. The maximum Gasteiger partial charge on any atom is 0.243 e. The number of hydrogen-bond donors (Lipinski definition) is 1. The second kappa shape index (κ2) is 9.41. The highest BCUT2D eigenvalue weighted by atomic mass is 32.2. The van der Waals surface area contributed by atoms with Gasteiger partial charge in [0, 0.05) is 44.2 Å². The van der Waals surface area contributed by atoms with Crippen molar-refractivity contribution in [3.05, 3.63) is 40.8 Å².